The third-order valence-corrected chi connectivity index (χ3v) is 4.48. The summed E-state index contributed by atoms with van der Waals surface area (Å²) < 4.78 is 27.0. The van der Waals surface area contributed by atoms with Gasteiger partial charge < -0.3 is 23.0 Å². The van der Waals surface area contributed by atoms with Crippen LogP contribution in [0.5, 0.6) is 0 Å². The van der Waals surface area contributed by atoms with Gasteiger partial charge in [0.15, 0.2) is 6.29 Å². The zero-order valence-corrected chi connectivity index (χ0v) is 11.6. The van der Waals surface area contributed by atoms with E-state index in [9.17, 15) is 0 Å². The van der Waals surface area contributed by atoms with Crippen LogP contribution in [0.2, 0.25) is 0 Å². The fraction of sp³-hybridized carbons (Fsp3) is 1.00. The predicted octanol–water partition coefficient (Wildman–Crippen LogP) is 2.06. The molecule has 1 saturated heterocycles. The van der Waals surface area contributed by atoms with Crippen LogP contribution < -0.4 is 0 Å². The van der Waals surface area contributed by atoms with Gasteiger partial charge in [-0.2, -0.15) is 0 Å². The molecule has 1 aliphatic heterocycles. The van der Waals surface area contributed by atoms with Crippen LogP contribution in [-0.4, -0.2) is 38.8 Å². The highest BCUT2D eigenvalue weighted by Crippen LogP contribution is 2.51. The Kier molecular flexibility index (Phi) is 6.36. The Bertz CT molecular complexity index is 232. The zero-order valence-electron chi connectivity index (χ0n) is 9.88. The monoisotopic (exact) mass is 270 g/mol. The van der Waals surface area contributed by atoms with Gasteiger partial charge in [-0.1, -0.05) is 0 Å². The van der Waals surface area contributed by atoms with Crippen LogP contribution >= 0.6 is 6.72 Å². The lowest BCUT2D eigenvalue weighted by Crippen LogP contribution is -2.35. The fourth-order valence-corrected chi connectivity index (χ4v) is 3.55. The quantitative estimate of drug-likeness (QED) is 0.688. The van der Waals surface area contributed by atoms with Gasteiger partial charge in [-0.05, 0) is 32.6 Å². The van der Waals surface area contributed by atoms with Gasteiger partial charge in [0, 0.05) is 0 Å². The molecule has 0 N–H and O–H groups in total. The van der Waals surface area contributed by atoms with E-state index in [0.717, 1.165) is 0 Å². The number of ether oxygens (including phenoxy) is 2. The highest BCUT2D eigenvalue weighted by atomic mass is 32.5. The zero-order chi connectivity index (χ0) is 12.0. The lowest BCUT2D eigenvalue weighted by atomic mass is 10.4. The summed E-state index contributed by atoms with van der Waals surface area (Å²) in [4.78, 5) is 0. The second kappa shape index (κ2) is 7.01. The van der Waals surface area contributed by atoms with Crippen LogP contribution in [0.15, 0.2) is 0 Å². The Morgan fingerprint density at radius 3 is 2.12 bits per heavy atom. The average molecular weight is 270 g/mol. The second-order valence-corrected chi connectivity index (χ2v) is 6.21. The van der Waals surface area contributed by atoms with E-state index in [4.69, 9.17) is 34.9 Å². The maximum atomic E-state index is 5.64. The van der Waals surface area contributed by atoms with Gasteiger partial charge in [0.25, 0.3) is 0 Å². The van der Waals surface area contributed by atoms with Crippen LogP contribution in [0.4, 0.5) is 0 Å². The lowest BCUT2D eigenvalue weighted by Gasteiger charge is -2.30. The summed E-state index contributed by atoms with van der Waals surface area (Å²) in [5.41, 5.74) is 0. The van der Waals surface area contributed by atoms with Crippen LogP contribution in [0, 0.1) is 0 Å². The fourth-order valence-electron chi connectivity index (χ4n) is 1.24. The van der Waals surface area contributed by atoms with Gasteiger partial charge >= 0.3 is 6.72 Å². The van der Waals surface area contributed by atoms with E-state index >= 15 is 0 Å². The van der Waals surface area contributed by atoms with Crippen molar-refractivity contribution in [1.29, 1.82) is 0 Å². The molecular formula is C9H19O5PS. The Hall–Kier alpha value is 0.450. The lowest BCUT2D eigenvalue weighted by molar-refractivity contribution is -0.203. The molecule has 96 valence electrons. The van der Waals surface area contributed by atoms with Crippen molar-refractivity contribution in [1.82, 2.24) is 0 Å². The molecule has 0 aliphatic carbocycles. The van der Waals surface area contributed by atoms with E-state index in [-0.39, 0.29) is 12.4 Å². The number of rotatable bonds is 6. The molecule has 0 radical (unpaired) electrons. The Balaban J connectivity index is 2.45. The summed E-state index contributed by atoms with van der Waals surface area (Å²) >= 11 is 5.24. The van der Waals surface area contributed by atoms with Gasteiger partial charge in [0.05, 0.1) is 26.4 Å². The summed E-state index contributed by atoms with van der Waals surface area (Å²) in [6, 6.07) is 0. The molecule has 0 aromatic heterocycles. The summed E-state index contributed by atoms with van der Waals surface area (Å²) in [6.07, 6.45) is -0.392. The number of hydrogen-bond acceptors (Lipinski definition) is 6. The first kappa shape index (κ1) is 14.5. The Morgan fingerprint density at radius 1 is 1.19 bits per heavy atom. The van der Waals surface area contributed by atoms with Crippen LogP contribution in [-0.2, 0) is 34.9 Å². The van der Waals surface area contributed by atoms with E-state index in [1.807, 2.05) is 20.8 Å². The molecule has 1 fully saturated rings. The van der Waals surface area contributed by atoms with Crippen molar-refractivity contribution in [3.8, 4) is 0 Å². The van der Waals surface area contributed by atoms with Gasteiger partial charge in [0.2, 0.25) is 0 Å². The molecule has 0 spiro atoms. The molecule has 0 bridgehead atoms. The largest absolute Gasteiger partial charge is 0.350 e. The summed E-state index contributed by atoms with van der Waals surface area (Å²) in [7, 11) is 0. The van der Waals surface area contributed by atoms with Gasteiger partial charge in [0.1, 0.15) is 6.10 Å². The van der Waals surface area contributed by atoms with Crippen molar-refractivity contribution in [2.45, 2.75) is 33.2 Å². The highest BCUT2D eigenvalue weighted by Gasteiger charge is 2.28. The van der Waals surface area contributed by atoms with Crippen molar-refractivity contribution < 1.29 is 23.0 Å². The molecule has 7 heteroatoms. The van der Waals surface area contributed by atoms with Crippen molar-refractivity contribution in [3.05, 3.63) is 0 Å². The third-order valence-electron chi connectivity index (χ3n) is 1.89. The predicted molar refractivity (Wildman–Crippen MR) is 63.8 cm³/mol. The van der Waals surface area contributed by atoms with Crippen molar-refractivity contribution in [2.75, 3.05) is 26.4 Å². The molecule has 0 aromatic rings. The van der Waals surface area contributed by atoms with Crippen LogP contribution in [0.1, 0.15) is 20.8 Å². The minimum atomic E-state index is -2.63. The second-order valence-electron chi connectivity index (χ2n) is 3.24. The van der Waals surface area contributed by atoms with Gasteiger partial charge in [-0.15, -0.1) is 0 Å². The standard InChI is InChI=1S/C9H19O5PS/c1-4-12-15(16,13-5-2)14-9-6-10-8(3)11-7-9/h8-9H,4-7H2,1-3H3. The first-order valence-electron chi connectivity index (χ1n) is 5.40. The smallest absolute Gasteiger partial charge is 0.327 e. The molecule has 1 rings (SSSR count). The molecule has 1 heterocycles. The topological polar surface area (TPSA) is 46.2 Å². The van der Waals surface area contributed by atoms with E-state index in [2.05, 4.69) is 0 Å². The first-order chi connectivity index (χ1) is 7.59. The minimum Gasteiger partial charge on any atom is -0.350 e. The van der Waals surface area contributed by atoms with Gasteiger partial charge in [-0.25, -0.2) is 0 Å². The first-order valence-corrected chi connectivity index (χ1v) is 7.96. The molecule has 0 unspecified atom stereocenters. The van der Waals surface area contributed by atoms with Gasteiger partial charge in [-0.3, -0.25) is 0 Å². The average Bonchev–Trinajstić information content (AvgIpc) is 2.22. The number of hydrogen-bond donors (Lipinski definition) is 0. The summed E-state index contributed by atoms with van der Waals surface area (Å²) in [6.45, 7) is 4.80. The van der Waals surface area contributed by atoms with Crippen LogP contribution in [0.25, 0.3) is 0 Å². The molecule has 0 saturated carbocycles. The molecule has 0 aromatic carbocycles. The SMILES string of the molecule is CCOP(=S)(OCC)OC1COC(C)OC1. The maximum absolute atomic E-state index is 5.64. The maximum Gasteiger partial charge on any atom is 0.327 e. The van der Waals surface area contributed by atoms with E-state index in [0.29, 0.717) is 26.4 Å². The van der Waals surface area contributed by atoms with E-state index < -0.39 is 6.72 Å². The molecule has 5 nitrogen and oxygen atoms in total. The minimum absolute atomic E-state index is 0.183. The summed E-state index contributed by atoms with van der Waals surface area (Å²) in [5.74, 6) is 0. The Morgan fingerprint density at radius 2 is 1.69 bits per heavy atom. The van der Waals surface area contributed by atoms with Crippen molar-refractivity contribution >= 4 is 18.5 Å². The third kappa shape index (κ3) is 4.75. The van der Waals surface area contributed by atoms with Crippen molar-refractivity contribution in [3.63, 3.8) is 0 Å². The van der Waals surface area contributed by atoms with Crippen LogP contribution in [0.3, 0.4) is 0 Å². The molecule has 0 amide bonds. The molecule has 1 aliphatic rings. The summed E-state index contributed by atoms with van der Waals surface area (Å²) in [5, 5.41) is 0. The normalized spacial score (nSPS) is 26.9. The Labute approximate surface area is 102 Å². The molecule has 0 atom stereocenters. The highest BCUT2D eigenvalue weighted by molar-refractivity contribution is 8.07. The van der Waals surface area contributed by atoms with Crippen molar-refractivity contribution in [2.24, 2.45) is 0 Å². The van der Waals surface area contributed by atoms with E-state index in [1.165, 1.54) is 0 Å². The molecule has 16 heavy (non-hydrogen) atoms. The van der Waals surface area contributed by atoms with E-state index in [1.54, 1.807) is 0 Å². The molecular weight excluding hydrogens is 251 g/mol.